The van der Waals surface area contributed by atoms with Crippen LogP contribution in [0.4, 0.5) is 0 Å². The van der Waals surface area contributed by atoms with E-state index in [4.69, 9.17) is 0 Å². The van der Waals surface area contributed by atoms with Crippen molar-refractivity contribution >= 4 is 24.0 Å². The maximum atomic E-state index is 12.4. The zero-order chi connectivity index (χ0) is 24.3. The van der Waals surface area contributed by atoms with Gasteiger partial charge < -0.3 is 29.8 Å². The van der Waals surface area contributed by atoms with Gasteiger partial charge in [0.1, 0.15) is 11.4 Å². The van der Waals surface area contributed by atoms with Gasteiger partial charge in [-0.05, 0) is 53.5 Å². The lowest BCUT2D eigenvalue weighted by atomic mass is 9.82. The number of hydrogen-bond donors (Lipinski definition) is 1. The maximum absolute atomic E-state index is 12.4. The molecule has 1 aliphatic carbocycles. The molecule has 0 aromatic rings. The normalized spacial score (nSPS) is 23.1. The Morgan fingerprint density at radius 2 is 1.49 bits per heavy atom. The van der Waals surface area contributed by atoms with Crippen LogP contribution in [-0.2, 0) is 9.59 Å². The summed E-state index contributed by atoms with van der Waals surface area (Å²) in [5.41, 5.74) is 2.36. The molecule has 198 valence electrons. The highest BCUT2D eigenvalue weighted by atomic mass is 35.5. The number of Topliss-reactive ketones (excluding diaryl/α,β-unsaturated/α-hetero) is 1. The lowest BCUT2D eigenvalue weighted by molar-refractivity contribution is -0.117. The third kappa shape index (κ3) is 6.79. The van der Waals surface area contributed by atoms with Gasteiger partial charge in [0, 0.05) is 64.0 Å². The lowest BCUT2D eigenvalue weighted by Gasteiger charge is -2.46. The number of likely N-dealkylation sites (N-methyl/N-ethyl adjacent to an activating group) is 1. The molecule has 0 bridgehead atoms. The standard InChI is InChI=1S/C14H31N3.C12H13N3O2.ClH/c1-5-6-7-14(16(3)4)8-11-17(12-9-14)13-10-15-2;16-9-7-8(13-1-2-13)12(17)11(15-5-6-15)10(9)14-3-4-14;/h15H,5-13H2,1-4H3;7H,1-6H2;1H. The molecular weight excluding hydrogens is 464 g/mol. The van der Waals surface area contributed by atoms with E-state index in [1.807, 2.05) is 21.7 Å². The minimum atomic E-state index is 0. The summed E-state index contributed by atoms with van der Waals surface area (Å²) in [4.78, 5) is 35.6. The fourth-order valence-corrected chi connectivity index (χ4v) is 5.17. The molecule has 0 aromatic heterocycles. The number of likely N-dealkylation sites (tertiary alicyclic amines) is 1. The molecule has 0 saturated carbocycles. The first-order valence-electron chi connectivity index (χ1n) is 13.2. The topological polar surface area (TPSA) is 61.7 Å². The number of piperidine rings is 1. The number of halogens is 1. The minimum Gasteiger partial charge on any atom is -0.365 e. The van der Waals surface area contributed by atoms with Crippen molar-refractivity contribution in [2.45, 2.75) is 44.6 Å². The van der Waals surface area contributed by atoms with E-state index in [1.165, 1.54) is 57.8 Å². The molecule has 35 heavy (non-hydrogen) atoms. The zero-order valence-electron chi connectivity index (χ0n) is 22.1. The van der Waals surface area contributed by atoms with Crippen molar-refractivity contribution in [1.82, 2.24) is 29.8 Å². The van der Waals surface area contributed by atoms with Crippen LogP contribution in [0.3, 0.4) is 0 Å². The van der Waals surface area contributed by atoms with Crippen LogP contribution in [0.1, 0.15) is 39.0 Å². The van der Waals surface area contributed by atoms with Gasteiger partial charge in [0.25, 0.3) is 0 Å². The monoisotopic (exact) mass is 508 g/mol. The smallest absolute Gasteiger partial charge is 0.227 e. The second-order valence-electron chi connectivity index (χ2n) is 10.5. The first-order chi connectivity index (χ1) is 16.4. The molecule has 4 fully saturated rings. The second-order valence-corrected chi connectivity index (χ2v) is 10.5. The molecule has 4 saturated heterocycles. The lowest BCUT2D eigenvalue weighted by Crippen LogP contribution is -2.53. The van der Waals surface area contributed by atoms with Crippen molar-refractivity contribution in [3.8, 4) is 0 Å². The number of carbonyl (C=O) groups excluding carboxylic acids is 2. The second kappa shape index (κ2) is 12.1. The predicted octanol–water partition coefficient (Wildman–Crippen LogP) is 1.39. The van der Waals surface area contributed by atoms with Crippen molar-refractivity contribution < 1.29 is 9.59 Å². The van der Waals surface area contributed by atoms with Gasteiger partial charge in [-0.3, -0.25) is 9.59 Å². The first-order valence-corrected chi connectivity index (χ1v) is 13.2. The van der Waals surface area contributed by atoms with Crippen LogP contribution in [-0.4, -0.2) is 128 Å². The molecule has 0 amide bonds. The predicted molar refractivity (Wildman–Crippen MR) is 143 cm³/mol. The fourth-order valence-electron chi connectivity index (χ4n) is 5.17. The van der Waals surface area contributed by atoms with E-state index in [9.17, 15) is 9.59 Å². The summed E-state index contributed by atoms with van der Waals surface area (Å²) in [6.07, 6.45) is 8.26. The molecular formula is C26H45ClN6O2. The summed E-state index contributed by atoms with van der Waals surface area (Å²) < 4.78 is 0. The number of nitrogens with zero attached hydrogens (tertiary/aromatic N) is 5. The van der Waals surface area contributed by atoms with Crippen LogP contribution in [0, 0.1) is 0 Å². The molecule has 0 radical (unpaired) electrons. The average Bonchev–Trinajstić information content (AvgIpc) is 3.67. The number of nitrogens with one attached hydrogen (secondary N) is 1. The van der Waals surface area contributed by atoms with Gasteiger partial charge in [-0.15, -0.1) is 12.4 Å². The average molecular weight is 509 g/mol. The highest BCUT2D eigenvalue weighted by Gasteiger charge is 2.43. The minimum absolute atomic E-state index is 0. The van der Waals surface area contributed by atoms with Crippen molar-refractivity contribution in [2.24, 2.45) is 0 Å². The Bertz CT molecular complexity index is 822. The summed E-state index contributed by atoms with van der Waals surface area (Å²) in [5.74, 6) is 0.0485. The number of hydrogen-bond acceptors (Lipinski definition) is 8. The molecule has 0 aromatic carbocycles. The highest BCUT2D eigenvalue weighted by Crippen LogP contribution is 2.34. The van der Waals surface area contributed by atoms with E-state index in [-0.39, 0.29) is 24.0 Å². The summed E-state index contributed by atoms with van der Waals surface area (Å²) in [5, 5.41) is 3.24. The van der Waals surface area contributed by atoms with Gasteiger partial charge in [-0.1, -0.05) is 19.8 Å². The molecule has 5 rings (SSSR count). The zero-order valence-corrected chi connectivity index (χ0v) is 23.0. The van der Waals surface area contributed by atoms with Crippen LogP contribution in [0.25, 0.3) is 0 Å². The van der Waals surface area contributed by atoms with E-state index in [2.05, 4.69) is 36.1 Å². The summed E-state index contributed by atoms with van der Waals surface area (Å²) in [6.45, 7) is 12.6. The molecule has 0 atom stereocenters. The first kappa shape index (κ1) is 28.0. The number of rotatable bonds is 10. The van der Waals surface area contributed by atoms with E-state index in [1.54, 1.807) is 0 Å². The van der Waals surface area contributed by atoms with E-state index >= 15 is 0 Å². The highest BCUT2D eigenvalue weighted by molar-refractivity contribution is 6.22. The quantitative estimate of drug-likeness (QED) is 0.351. The summed E-state index contributed by atoms with van der Waals surface area (Å²) >= 11 is 0. The number of carbonyl (C=O) groups is 2. The Balaban J connectivity index is 0.000000190. The third-order valence-electron chi connectivity index (χ3n) is 7.90. The van der Waals surface area contributed by atoms with Gasteiger partial charge in [-0.2, -0.15) is 0 Å². The van der Waals surface area contributed by atoms with Crippen molar-refractivity contribution in [3.63, 3.8) is 0 Å². The van der Waals surface area contributed by atoms with Crippen molar-refractivity contribution in [3.05, 3.63) is 23.2 Å². The van der Waals surface area contributed by atoms with Gasteiger partial charge in [0.15, 0.2) is 0 Å². The molecule has 0 unspecified atom stereocenters. The maximum Gasteiger partial charge on any atom is 0.227 e. The molecule has 8 nitrogen and oxygen atoms in total. The number of unbranched alkanes of at least 4 members (excludes halogenated alkanes) is 1. The van der Waals surface area contributed by atoms with E-state index in [0.717, 1.165) is 45.8 Å². The molecule has 4 aliphatic heterocycles. The van der Waals surface area contributed by atoms with Gasteiger partial charge in [0.2, 0.25) is 11.6 Å². The largest absolute Gasteiger partial charge is 0.365 e. The van der Waals surface area contributed by atoms with Gasteiger partial charge >= 0.3 is 0 Å². The fraction of sp³-hybridized carbons (Fsp3) is 0.769. The van der Waals surface area contributed by atoms with Crippen LogP contribution in [0.15, 0.2) is 23.2 Å². The summed E-state index contributed by atoms with van der Waals surface area (Å²) in [7, 11) is 6.56. The van der Waals surface area contributed by atoms with Gasteiger partial charge in [-0.25, -0.2) is 0 Å². The molecule has 4 heterocycles. The Morgan fingerprint density at radius 1 is 0.914 bits per heavy atom. The Morgan fingerprint density at radius 3 is 1.97 bits per heavy atom. The van der Waals surface area contributed by atoms with Crippen molar-refractivity contribution in [2.75, 3.05) is 86.6 Å². The Hall–Kier alpha value is -1.61. The van der Waals surface area contributed by atoms with Gasteiger partial charge in [0.05, 0.1) is 5.70 Å². The summed E-state index contributed by atoms with van der Waals surface area (Å²) in [6, 6.07) is 0. The molecule has 0 spiro atoms. The van der Waals surface area contributed by atoms with Crippen LogP contribution in [0.5, 0.6) is 0 Å². The van der Waals surface area contributed by atoms with Crippen LogP contribution < -0.4 is 5.32 Å². The molecule has 9 heteroatoms. The number of ketones is 2. The van der Waals surface area contributed by atoms with Crippen molar-refractivity contribution in [1.29, 1.82) is 0 Å². The Labute approximate surface area is 217 Å². The molecule has 1 N–H and O–H groups in total. The van der Waals surface area contributed by atoms with E-state index in [0.29, 0.717) is 22.6 Å². The Kier molecular flexibility index (Phi) is 9.66. The third-order valence-corrected chi connectivity index (χ3v) is 7.90. The number of allylic oxidation sites excluding steroid dienone is 1. The SMILES string of the molecule is CCCCC1(N(C)C)CCN(CCNC)CC1.Cl.O=C1C=C(N2CC2)C(=O)C(N2CC2)=C1N1CC1. The van der Waals surface area contributed by atoms with Crippen LogP contribution in [0.2, 0.25) is 0 Å². The van der Waals surface area contributed by atoms with E-state index < -0.39 is 0 Å². The molecule has 5 aliphatic rings. The van der Waals surface area contributed by atoms with Crippen LogP contribution >= 0.6 is 12.4 Å².